The van der Waals surface area contributed by atoms with Crippen molar-refractivity contribution in [3.8, 4) is 0 Å². The molecule has 0 atom stereocenters. The van der Waals surface area contributed by atoms with Gasteiger partial charge in [0.05, 0.1) is 22.5 Å². The number of aromatic nitrogens is 2. The molecule has 0 unspecified atom stereocenters. The number of carbonyl (C=O) groups is 2. The van der Waals surface area contributed by atoms with Crippen molar-refractivity contribution in [3.63, 3.8) is 0 Å². The van der Waals surface area contributed by atoms with Crippen LogP contribution >= 0.6 is 11.6 Å². The molecule has 10 heteroatoms. The number of esters is 1. The number of ether oxygens (including phenoxy) is 1. The molecule has 2 rings (SSSR count). The summed E-state index contributed by atoms with van der Waals surface area (Å²) in [5.41, 5.74) is -1.85. The average molecular weight is 360 g/mol. The van der Waals surface area contributed by atoms with Gasteiger partial charge in [-0.05, 0) is 12.1 Å². The van der Waals surface area contributed by atoms with Crippen LogP contribution in [0.4, 0.5) is 18.9 Å². The number of hydrogen-bond donors (Lipinski definition) is 1. The molecule has 1 amide bonds. The first kappa shape index (κ1) is 17.7. The molecule has 0 saturated carbocycles. The normalized spacial score (nSPS) is 11.0. The van der Waals surface area contributed by atoms with Gasteiger partial charge in [-0.3, -0.25) is 9.78 Å². The van der Waals surface area contributed by atoms with Gasteiger partial charge in [0.15, 0.2) is 12.3 Å². The fourth-order valence-electron chi connectivity index (χ4n) is 1.67. The standard InChI is InChI=1S/C14H9ClF3N3O3/c15-9-3-1-2-8(14(16,17)18)12(9)21-11(22)7-24-13(23)10-6-19-4-5-20-10/h1-6H,7H2,(H,21,22). The lowest BCUT2D eigenvalue weighted by molar-refractivity contribution is -0.137. The third kappa shape index (κ3) is 4.42. The van der Waals surface area contributed by atoms with E-state index in [1.54, 1.807) is 0 Å². The van der Waals surface area contributed by atoms with Gasteiger partial charge in [0.1, 0.15) is 0 Å². The van der Waals surface area contributed by atoms with Crippen molar-refractivity contribution in [2.24, 2.45) is 0 Å². The van der Waals surface area contributed by atoms with E-state index >= 15 is 0 Å². The molecule has 126 valence electrons. The number of alkyl halides is 3. The molecule has 1 heterocycles. The minimum atomic E-state index is -4.70. The predicted octanol–water partition coefficient (Wildman–Crippen LogP) is 2.94. The molecule has 0 fully saturated rings. The molecule has 0 aliphatic rings. The van der Waals surface area contributed by atoms with Crippen LogP contribution in [-0.4, -0.2) is 28.5 Å². The maximum absolute atomic E-state index is 12.9. The van der Waals surface area contributed by atoms with E-state index in [4.69, 9.17) is 11.6 Å². The Morgan fingerprint density at radius 1 is 1.25 bits per heavy atom. The predicted molar refractivity (Wildman–Crippen MR) is 77.4 cm³/mol. The van der Waals surface area contributed by atoms with Crippen molar-refractivity contribution in [1.29, 1.82) is 0 Å². The van der Waals surface area contributed by atoms with E-state index in [9.17, 15) is 22.8 Å². The number of para-hydroxylation sites is 1. The highest BCUT2D eigenvalue weighted by atomic mass is 35.5. The van der Waals surface area contributed by atoms with Gasteiger partial charge in [0.2, 0.25) is 0 Å². The summed E-state index contributed by atoms with van der Waals surface area (Å²) in [4.78, 5) is 30.6. The maximum Gasteiger partial charge on any atom is 0.418 e. The van der Waals surface area contributed by atoms with Crippen molar-refractivity contribution in [2.75, 3.05) is 11.9 Å². The van der Waals surface area contributed by atoms with Gasteiger partial charge >= 0.3 is 12.1 Å². The molecule has 2 aromatic rings. The van der Waals surface area contributed by atoms with Gasteiger partial charge in [0, 0.05) is 12.4 Å². The SMILES string of the molecule is O=C(COC(=O)c1cnccn1)Nc1c(Cl)cccc1C(F)(F)F. The van der Waals surface area contributed by atoms with Crippen LogP contribution in [0.3, 0.4) is 0 Å². The molecule has 0 radical (unpaired) electrons. The van der Waals surface area contributed by atoms with Crippen molar-refractivity contribution in [3.05, 3.63) is 53.1 Å². The zero-order valence-electron chi connectivity index (χ0n) is 11.8. The van der Waals surface area contributed by atoms with Gasteiger partial charge in [-0.1, -0.05) is 17.7 Å². The second kappa shape index (κ2) is 7.26. The van der Waals surface area contributed by atoms with E-state index in [1.807, 2.05) is 5.32 Å². The van der Waals surface area contributed by atoms with Crippen LogP contribution in [0, 0.1) is 0 Å². The summed E-state index contributed by atoms with van der Waals surface area (Å²) in [6.45, 7) is -0.808. The molecule has 0 saturated heterocycles. The number of carbonyl (C=O) groups excluding carboxylic acids is 2. The van der Waals surface area contributed by atoms with Crippen molar-refractivity contribution >= 4 is 29.2 Å². The van der Waals surface area contributed by atoms with Crippen LogP contribution in [0.5, 0.6) is 0 Å². The van der Waals surface area contributed by atoms with Crippen LogP contribution in [0.1, 0.15) is 16.1 Å². The Hall–Kier alpha value is -2.68. The molecule has 0 aliphatic carbocycles. The first-order valence-electron chi connectivity index (χ1n) is 6.37. The van der Waals surface area contributed by atoms with E-state index in [-0.39, 0.29) is 10.7 Å². The quantitative estimate of drug-likeness (QED) is 0.849. The number of nitrogens with zero attached hydrogens (tertiary/aromatic N) is 2. The molecule has 24 heavy (non-hydrogen) atoms. The molecule has 1 aromatic carbocycles. The highest BCUT2D eigenvalue weighted by molar-refractivity contribution is 6.34. The van der Waals surface area contributed by atoms with Gasteiger partial charge in [0.25, 0.3) is 5.91 Å². The maximum atomic E-state index is 12.9. The van der Waals surface area contributed by atoms with Crippen molar-refractivity contribution < 1.29 is 27.5 Å². The summed E-state index contributed by atoms with van der Waals surface area (Å²) in [6.07, 6.45) is -1.00. The minimum absolute atomic E-state index is 0.140. The monoisotopic (exact) mass is 359 g/mol. The molecular formula is C14H9ClF3N3O3. The van der Waals surface area contributed by atoms with Gasteiger partial charge in [-0.15, -0.1) is 0 Å². The minimum Gasteiger partial charge on any atom is -0.451 e. The Bertz CT molecular complexity index is 754. The average Bonchev–Trinajstić information content (AvgIpc) is 2.54. The van der Waals surface area contributed by atoms with E-state index in [2.05, 4.69) is 14.7 Å². The number of amides is 1. The first-order chi connectivity index (χ1) is 11.3. The lowest BCUT2D eigenvalue weighted by Gasteiger charge is -2.15. The number of halogens is 4. The summed E-state index contributed by atoms with van der Waals surface area (Å²) in [5.74, 6) is -1.92. The Balaban J connectivity index is 2.04. The smallest absolute Gasteiger partial charge is 0.418 e. The number of anilines is 1. The summed E-state index contributed by atoms with van der Waals surface area (Å²) in [7, 11) is 0. The first-order valence-corrected chi connectivity index (χ1v) is 6.75. The summed E-state index contributed by atoms with van der Waals surface area (Å²) >= 11 is 5.70. The molecule has 6 nitrogen and oxygen atoms in total. The summed E-state index contributed by atoms with van der Waals surface area (Å²) < 4.78 is 43.4. The molecule has 0 aliphatic heterocycles. The number of hydrogen-bond acceptors (Lipinski definition) is 5. The number of rotatable bonds is 4. The van der Waals surface area contributed by atoms with E-state index in [0.717, 1.165) is 18.3 Å². The number of nitrogens with one attached hydrogen (secondary N) is 1. The number of benzene rings is 1. The Morgan fingerprint density at radius 3 is 2.62 bits per heavy atom. The zero-order chi connectivity index (χ0) is 17.7. The topological polar surface area (TPSA) is 81.2 Å². The van der Waals surface area contributed by atoms with E-state index in [1.165, 1.54) is 18.5 Å². The van der Waals surface area contributed by atoms with Crippen LogP contribution in [-0.2, 0) is 15.7 Å². The van der Waals surface area contributed by atoms with E-state index < -0.39 is 35.9 Å². The fraction of sp³-hybridized carbons (Fsp3) is 0.143. The van der Waals surface area contributed by atoms with Gasteiger partial charge < -0.3 is 10.1 Å². The Kier molecular flexibility index (Phi) is 5.35. The van der Waals surface area contributed by atoms with Crippen LogP contribution < -0.4 is 5.32 Å². The highest BCUT2D eigenvalue weighted by Crippen LogP contribution is 2.38. The van der Waals surface area contributed by atoms with Crippen LogP contribution in [0.25, 0.3) is 0 Å². The molecule has 1 aromatic heterocycles. The van der Waals surface area contributed by atoms with E-state index in [0.29, 0.717) is 0 Å². The largest absolute Gasteiger partial charge is 0.451 e. The molecule has 0 bridgehead atoms. The Morgan fingerprint density at radius 2 is 2.00 bits per heavy atom. The third-order valence-electron chi connectivity index (χ3n) is 2.69. The van der Waals surface area contributed by atoms with Gasteiger partial charge in [-0.25, -0.2) is 9.78 Å². The molecule has 0 spiro atoms. The third-order valence-corrected chi connectivity index (χ3v) is 3.01. The summed E-state index contributed by atoms with van der Waals surface area (Å²) in [6, 6.07) is 3.07. The van der Waals surface area contributed by atoms with Gasteiger partial charge in [-0.2, -0.15) is 13.2 Å². The molecule has 1 N–H and O–H groups in total. The highest BCUT2D eigenvalue weighted by Gasteiger charge is 2.34. The Labute approximate surface area is 138 Å². The molecular weight excluding hydrogens is 351 g/mol. The second-order valence-corrected chi connectivity index (χ2v) is 4.78. The van der Waals surface area contributed by atoms with Crippen LogP contribution in [0.2, 0.25) is 5.02 Å². The fourth-order valence-corrected chi connectivity index (χ4v) is 1.89. The van der Waals surface area contributed by atoms with Crippen molar-refractivity contribution in [2.45, 2.75) is 6.18 Å². The zero-order valence-corrected chi connectivity index (χ0v) is 12.6. The lowest BCUT2D eigenvalue weighted by Crippen LogP contribution is -2.23. The van der Waals surface area contributed by atoms with Crippen LogP contribution in [0.15, 0.2) is 36.8 Å². The second-order valence-electron chi connectivity index (χ2n) is 4.38. The lowest BCUT2D eigenvalue weighted by atomic mass is 10.1. The van der Waals surface area contributed by atoms with Crippen molar-refractivity contribution in [1.82, 2.24) is 9.97 Å². The summed E-state index contributed by atoms with van der Waals surface area (Å²) in [5, 5.41) is 1.69.